The first-order chi connectivity index (χ1) is 21.2. The zero-order chi connectivity index (χ0) is 32.7. The van der Waals surface area contributed by atoms with Gasteiger partial charge in [0.1, 0.15) is 17.1 Å². The van der Waals surface area contributed by atoms with Crippen molar-refractivity contribution in [1.29, 1.82) is 0 Å². The number of primary amides is 1. The summed E-state index contributed by atoms with van der Waals surface area (Å²) in [5.74, 6) is -7.69. The van der Waals surface area contributed by atoms with Gasteiger partial charge in [-0.15, -0.1) is 0 Å². The van der Waals surface area contributed by atoms with Crippen molar-refractivity contribution in [3.8, 4) is 5.75 Å². The number of nitrogens with zero attached hydrogens (tertiary/aromatic N) is 3. The molecule has 13 nitrogen and oxygen atoms in total. The van der Waals surface area contributed by atoms with E-state index in [1.807, 2.05) is 0 Å². The number of carbonyl (C=O) groups excluding carboxylic acids is 4. The monoisotopic (exact) mass is 623 g/mol. The third kappa shape index (κ3) is 4.54. The van der Waals surface area contributed by atoms with Crippen molar-refractivity contribution < 1.29 is 39.6 Å². The molecule has 7 N–H and O–H groups in total. The number of fused-ring (bicyclic) bond motifs is 3. The second-order valence-corrected chi connectivity index (χ2v) is 13.6. The molecule has 0 spiro atoms. The van der Waals surface area contributed by atoms with Gasteiger partial charge in [-0.2, -0.15) is 0 Å². The summed E-state index contributed by atoms with van der Waals surface area (Å²) in [7, 11) is 6.71. The number of likely N-dealkylation sites (N-methyl/N-ethyl adjacent to an activating group) is 1. The molecule has 1 saturated heterocycles. The van der Waals surface area contributed by atoms with Gasteiger partial charge in [-0.25, -0.2) is 0 Å². The molecule has 4 aliphatic carbocycles. The summed E-state index contributed by atoms with van der Waals surface area (Å²) in [6.45, 7) is 1.26. The summed E-state index contributed by atoms with van der Waals surface area (Å²) in [4.78, 5) is 58.8. The minimum absolute atomic E-state index is 0.00292. The van der Waals surface area contributed by atoms with Crippen molar-refractivity contribution in [1.82, 2.24) is 9.80 Å². The molecule has 2 fully saturated rings. The van der Waals surface area contributed by atoms with Gasteiger partial charge >= 0.3 is 0 Å². The molecule has 4 atom stereocenters. The molecule has 6 rings (SSSR count). The number of amides is 2. The number of Topliss-reactive ketones (excluding diaryl/α,β-unsaturated/α-hetero) is 2. The number of hydrogen-bond acceptors (Lipinski definition) is 11. The highest BCUT2D eigenvalue weighted by atomic mass is 16.3. The second-order valence-electron chi connectivity index (χ2n) is 13.6. The third-order valence-electron chi connectivity index (χ3n) is 10.6. The predicted octanol–water partition coefficient (Wildman–Crippen LogP) is 1.000. The Labute approximate surface area is 261 Å². The maximum absolute atomic E-state index is 14.2. The van der Waals surface area contributed by atoms with Crippen LogP contribution in [0, 0.1) is 17.8 Å². The lowest BCUT2D eigenvalue weighted by Crippen LogP contribution is -2.63. The van der Waals surface area contributed by atoms with Gasteiger partial charge in [-0.05, 0) is 57.3 Å². The summed E-state index contributed by atoms with van der Waals surface area (Å²) in [5, 5.41) is 48.6. The van der Waals surface area contributed by atoms with Crippen molar-refractivity contribution in [3.05, 3.63) is 39.9 Å². The molecule has 45 heavy (non-hydrogen) atoms. The molecule has 0 radical (unpaired) electrons. The lowest BCUT2D eigenvalue weighted by atomic mass is 9.58. The molecular formula is C32H41N5O8. The van der Waals surface area contributed by atoms with E-state index >= 15 is 0 Å². The molecule has 242 valence electrons. The molecular weight excluding hydrogens is 582 g/mol. The molecule has 13 heteroatoms. The lowest BCUT2D eigenvalue weighted by molar-refractivity contribution is -0.148. The molecule has 0 unspecified atom stereocenters. The topological polar surface area (TPSA) is 197 Å². The summed E-state index contributed by atoms with van der Waals surface area (Å²) < 4.78 is 0. The van der Waals surface area contributed by atoms with E-state index in [0.29, 0.717) is 30.4 Å². The second kappa shape index (κ2) is 10.8. The Hall–Kier alpha value is -3.94. The molecule has 1 saturated carbocycles. The Morgan fingerprint density at radius 3 is 2.29 bits per heavy atom. The van der Waals surface area contributed by atoms with E-state index in [1.54, 1.807) is 39.2 Å². The van der Waals surface area contributed by atoms with Gasteiger partial charge in [-0.1, -0.05) is 12.8 Å². The average molecular weight is 624 g/mol. The van der Waals surface area contributed by atoms with Crippen molar-refractivity contribution >= 4 is 34.8 Å². The standard InChI is InChI=1S/C32H41N5O8/c1-35(2)20-11-19(34-31(44)15-12-37(13-15)16-7-5-6-8-16)25(38)22-17(20)9-14-10-18-24(36(3)4)27(40)23(30(33)43)29(42)32(18,45)28(41)21(14)26(22)39/h11,14-16,18,24,38,40-41,45H,5-10,12-13H2,1-4H3,(H2,33,43)(H,34,44)/t14-,18-,24-,32-/m0/s1. The summed E-state index contributed by atoms with van der Waals surface area (Å²) in [6.07, 6.45) is 4.82. The van der Waals surface area contributed by atoms with Crippen LogP contribution in [0.3, 0.4) is 0 Å². The largest absolute Gasteiger partial charge is 0.510 e. The minimum Gasteiger partial charge on any atom is -0.510 e. The quantitative estimate of drug-likeness (QED) is 0.195. The van der Waals surface area contributed by atoms with E-state index < -0.39 is 63.8 Å². The number of nitrogens with one attached hydrogen (secondary N) is 1. The van der Waals surface area contributed by atoms with Gasteiger partial charge in [-0.3, -0.25) is 29.0 Å². The molecule has 0 bridgehead atoms. The highest BCUT2D eigenvalue weighted by Crippen LogP contribution is 2.54. The van der Waals surface area contributed by atoms with Crippen LogP contribution in [0.15, 0.2) is 28.7 Å². The van der Waals surface area contributed by atoms with Crippen molar-refractivity contribution in [2.45, 2.75) is 56.2 Å². The molecule has 1 aliphatic heterocycles. The van der Waals surface area contributed by atoms with Crippen LogP contribution in [0.2, 0.25) is 0 Å². The Balaban J connectivity index is 1.39. The minimum atomic E-state index is -2.72. The van der Waals surface area contributed by atoms with Crippen molar-refractivity contribution in [2.75, 3.05) is 51.5 Å². The lowest BCUT2D eigenvalue weighted by Gasteiger charge is -2.50. The molecule has 0 aromatic heterocycles. The number of aliphatic hydroxyl groups is 3. The summed E-state index contributed by atoms with van der Waals surface area (Å²) in [5.41, 5.74) is 2.57. The fourth-order valence-electron chi connectivity index (χ4n) is 8.27. The number of phenolic OH excluding ortho intramolecular Hbond substituents is 1. The van der Waals surface area contributed by atoms with Gasteiger partial charge in [0.25, 0.3) is 5.91 Å². The predicted molar refractivity (Wildman–Crippen MR) is 164 cm³/mol. The number of benzene rings is 1. The van der Waals surface area contributed by atoms with E-state index in [1.165, 1.54) is 17.7 Å². The molecule has 2 amide bonds. The van der Waals surface area contributed by atoms with Gasteiger partial charge in [0, 0.05) is 50.4 Å². The number of phenols is 1. The Morgan fingerprint density at radius 2 is 1.71 bits per heavy atom. The first-order valence-electron chi connectivity index (χ1n) is 15.4. The van der Waals surface area contributed by atoms with Crippen LogP contribution in [0.25, 0.3) is 0 Å². The Bertz CT molecular complexity index is 1570. The maximum Gasteiger partial charge on any atom is 0.255 e. The fraction of sp³-hybridized carbons (Fsp3) is 0.562. The van der Waals surface area contributed by atoms with Crippen LogP contribution in [0.5, 0.6) is 5.75 Å². The highest BCUT2D eigenvalue weighted by Gasteiger charge is 2.63. The number of anilines is 2. The molecule has 1 aromatic carbocycles. The normalized spacial score (nSPS) is 29.0. The van der Waals surface area contributed by atoms with Gasteiger partial charge in [0.05, 0.1) is 23.2 Å². The Kier molecular flexibility index (Phi) is 7.49. The number of aliphatic hydroxyl groups excluding tert-OH is 2. The highest BCUT2D eigenvalue weighted by molar-refractivity contribution is 6.25. The first-order valence-corrected chi connectivity index (χ1v) is 15.4. The number of allylic oxidation sites excluding steroid dienone is 1. The van der Waals surface area contributed by atoms with Gasteiger partial charge in [0.15, 0.2) is 17.1 Å². The SMILES string of the molecule is CN(C)c1cc(NC(=O)C2CN(C3CCCC3)C2)c(O)c2c1C[C@H]1C[C@H]3[C@H](N(C)C)C(O)=C(C(N)=O)C(=O)[C@@]3(O)C(O)=C1C2=O. The number of ketones is 2. The number of carbonyl (C=O) groups is 4. The van der Waals surface area contributed by atoms with Crippen LogP contribution in [0.1, 0.15) is 48.0 Å². The average Bonchev–Trinajstić information content (AvgIpc) is 3.45. The van der Waals surface area contributed by atoms with E-state index in [4.69, 9.17) is 5.73 Å². The number of likely N-dealkylation sites (tertiary alicyclic amines) is 1. The van der Waals surface area contributed by atoms with Crippen LogP contribution in [-0.2, 0) is 20.8 Å². The number of nitrogens with two attached hydrogens (primary N) is 1. The van der Waals surface area contributed by atoms with E-state index in [0.717, 1.165) is 12.8 Å². The maximum atomic E-state index is 14.2. The summed E-state index contributed by atoms with van der Waals surface area (Å²) in [6, 6.07) is 1.07. The fourth-order valence-corrected chi connectivity index (χ4v) is 8.27. The van der Waals surface area contributed by atoms with E-state index in [-0.39, 0.29) is 41.5 Å². The smallest absolute Gasteiger partial charge is 0.255 e. The zero-order valence-corrected chi connectivity index (χ0v) is 26.0. The molecule has 1 heterocycles. The number of rotatable bonds is 6. The summed E-state index contributed by atoms with van der Waals surface area (Å²) >= 11 is 0. The zero-order valence-electron chi connectivity index (χ0n) is 26.0. The van der Waals surface area contributed by atoms with E-state index in [2.05, 4.69) is 10.2 Å². The Morgan fingerprint density at radius 1 is 1.07 bits per heavy atom. The number of hydrogen-bond donors (Lipinski definition) is 6. The third-order valence-corrected chi connectivity index (χ3v) is 10.6. The van der Waals surface area contributed by atoms with Crippen molar-refractivity contribution in [2.24, 2.45) is 23.5 Å². The molecule has 1 aromatic rings. The molecule has 5 aliphatic rings. The van der Waals surface area contributed by atoms with E-state index in [9.17, 15) is 39.6 Å². The van der Waals surface area contributed by atoms with Gasteiger partial charge in [0.2, 0.25) is 11.7 Å². The van der Waals surface area contributed by atoms with Gasteiger partial charge < -0.3 is 36.4 Å². The van der Waals surface area contributed by atoms with Crippen LogP contribution in [-0.4, -0.2) is 113 Å². The van der Waals surface area contributed by atoms with Crippen LogP contribution < -0.4 is 16.0 Å². The number of aromatic hydroxyl groups is 1. The van der Waals surface area contributed by atoms with Crippen LogP contribution in [0.4, 0.5) is 11.4 Å². The first kappa shape index (κ1) is 31.1. The van der Waals surface area contributed by atoms with Crippen LogP contribution >= 0.6 is 0 Å². The van der Waals surface area contributed by atoms with Crippen molar-refractivity contribution in [3.63, 3.8) is 0 Å².